The predicted octanol–water partition coefficient (Wildman–Crippen LogP) is 2.15. The van der Waals surface area contributed by atoms with E-state index in [1.54, 1.807) is 0 Å². The van der Waals surface area contributed by atoms with Gasteiger partial charge in [0.1, 0.15) is 0 Å². The highest BCUT2D eigenvalue weighted by atomic mass is 13.9. The normalized spacial score (nSPS) is 13.5. The summed E-state index contributed by atoms with van der Waals surface area (Å²) in [5, 5.41) is 2.53. The fourth-order valence-corrected chi connectivity index (χ4v) is 1.35. The van der Waals surface area contributed by atoms with Gasteiger partial charge in [-0.1, -0.05) is 48.1 Å². The average molecular weight is 172 g/mol. The van der Waals surface area contributed by atoms with Gasteiger partial charge in [-0.2, -0.15) is 0 Å². The van der Waals surface area contributed by atoms with Crippen molar-refractivity contribution < 1.29 is 0 Å². The monoisotopic (exact) mass is 172 g/mol. The first-order valence-corrected chi connectivity index (χ1v) is 4.53. The fraction of sp³-hybridized carbons (Fsp3) is 0.231. The standard InChI is InChI=1S/C13H16/c1-5-12-7-6-11(4)9-13(12)8-10(2)3/h5-9H,2H2,1,3-4H3/b12-5-,13-8-. The Kier molecular flexibility index (Phi) is 3.07. The van der Waals surface area contributed by atoms with Gasteiger partial charge in [0, 0.05) is 0 Å². The van der Waals surface area contributed by atoms with Crippen molar-refractivity contribution >= 4 is 12.2 Å². The molecule has 0 atom stereocenters. The lowest BCUT2D eigenvalue weighted by Crippen LogP contribution is -2.24. The van der Waals surface area contributed by atoms with Crippen LogP contribution < -0.4 is 10.4 Å². The second-order valence-electron chi connectivity index (χ2n) is 3.41. The van der Waals surface area contributed by atoms with Gasteiger partial charge in [0.2, 0.25) is 0 Å². The van der Waals surface area contributed by atoms with Gasteiger partial charge in [-0.05, 0) is 31.2 Å². The van der Waals surface area contributed by atoms with E-state index in [1.807, 2.05) is 6.92 Å². The molecule has 0 bridgehead atoms. The van der Waals surface area contributed by atoms with Crippen LogP contribution in [-0.2, 0) is 0 Å². The van der Waals surface area contributed by atoms with Crippen molar-refractivity contribution in [1.82, 2.24) is 0 Å². The first kappa shape index (κ1) is 9.79. The van der Waals surface area contributed by atoms with Crippen molar-refractivity contribution in [3.8, 4) is 0 Å². The molecule has 0 heteroatoms. The van der Waals surface area contributed by atoms with Crippen molar-refractivity contribution in [3.63, 3.8) is 0 Å². The van der Waals surface area contributed by atoms with Crippen LogP contribution in [0.1, 0.15) is 19.4 Å². The van der Waals surface area contributed by atoms with Gasteiger partial charge in [0.05, 0.1) is 0 Å². The summed E-state index contributed by atoms with van der Waals surface area (Å²) in [5.41, 5.74) is 2.38. The Bertz CT molecular complexity index is 422. The summed E-state index contributed by atoms with van der Waals surface area (Å²) in [5.74, 6) is 0. The third-order valence-corrected chi connectivity index (χ3v) is 1.96. The maximum atomic E-state index is 3.89. The lowest BCUT2D eigenvalue weighted by molar-refractivity contribution is 1.39. The first-order valence-electron chi connectivity index (χ1n) is 4.53. The largest absolute Gasteiger partial charge is 0.0961 e. The second kappa shape index (κ2) is 4.08. The smallest absolute Gasteiger partial charge is 0.0182 e. The van der Waals surface area contributed by atoms with Crippen molar-refractivity contribution in [2.75, 3.05) is 0 Å². The molecule has 0 aliphatic heterocycles. The molecule has 0 spiro atoms. The Morgan fingerprint density at radius 1 is 1.31 bits per heavy atom. The Morgan fingerprint density at radius 2 is 2.00 bits per heavy atom. The van der Waals surface area contributed by atoms with E-state index in [9.17, 15) is 0 Å². The highest BCUT2D eigenvalue weighted by Gasteiger charge is 1.86. The Hall–Kier alpha value is -1.30. The van der Waals surface area contributed by atoms with E-state index in [1.165, 1.54) is 16.0 Å². The summed E-state index contributed by atoms with van der Waals surface area (Å²) < 4.78 is 0. The number of hydrogen-bond acceptors (Lipinski definition) is 0. The van der Waals surface area contributed by atoms with Gasteiger partial charge >= 0.3 is 0 Å². The van der Waals surface area contributed by atoms with Crippen LogP contribution in [0.2, 0.25) is 0 Å². The van der Waals surface area contributed by atoms with Crippen LogP contribution in [0.5, 0.6) is 0 Å². The zero-order chi connectivity index (χ0) is 9.84. The summed E-state index contributed by atoms with van der Waals surface area (Å²) in [4.78, 5) is 0. The van der Waals surface area contributed by atoms with Crippen molar-refractivity contribution in [2.45, 2.75) is 20.8 Å². The molecular weight excluding hydrogens is 156 g/mol. The Labute approximate surface area is 79.9 Å². The molecule has 0 saturated carbocycles. The molecule has 0 amide bonds. The molecule has 0 N–H and O–H groups in total. The predicted molar refractivity (Wildman–Crippen MR) is 59.8 cm³/mol. The lowest BCUT2D eigenvalue weighted by atomic mass is 10.1. The lowest BCUT2D eigenvalue weighted by Gasteiger charge is -1.94. The molecule has 0 unspecified atom stereocenters. The molecule has 0 radical (unpaired) electrons. The summed E-state index contributed by atoms with van der Waals surface area (Å²) in [6, 6.07) is 6.46. The van der Waals surface area contributed by atoms with Crippen LogP contribution in [-0.4, -0.2) is 0 Å². The van der Waals surface area contributed by atoms with E-state index in [0.29, 0.717) is 0 Å². The molecule has 0 nitrogen and oxygen atoms in total. The molecule has 1 rings (SSSR count). The van der Waals surface area contributed by atoms with Gasteiger partial charge < -0.3 is 0 Å². The third-order valence-electron chi connectivity index (χ3n) is 1.96. The molecule has 13 heavy (non-hydrogen) atoms. The summed E-state index contributed by atoms with van der Waals surface area (Å²) in [7, 11) is 0. The number of hydrogen-bond donors (Lipinski definition) is 0. The third kappa shape index (κ3) is 2.59. The Morgan fingerprint density at radius 3 is 2.54 bits per heavy atom. The minimum atomic E-state index is 1.09. The number of benzene rings is 1. The molecule has 0 heterocycles. The minimum absolute atomic E-state index is 1.09. The van der Waals surface area contributed by atoms with Crippen LogP contribution in [0.4, 0.5) is 0 Å². The van der Waals surface area contributed by atoms with E-state index in [-0.39, 0.29) is 0 Å². The second-order valence-corrected chi connectivity index (χ2v) is 3.41. The van der Waals surface area contributed by atoms with E-state index in [0.717, 1.165) is 5.57 Å². The molecule has 0 saturated heterocycles. The highest BCUT2D eigenvalue weighted by molar-refractivity contribution is 5.45. The van der Waals surface area contributed by atoms with Crippen LogP contribution in [0.15, 0.2) is 30.4 Å². The molecule has 1 aromatic rings. The molecule has 0 aliphatic rings. The van der Waals surface area contributed by atoms with E-state index in [2.05, 4.69) is 50.8 Å². The number of rotatable bonds is 1. The van der Waals surface area contributed by atoms with Gasteiger partial charge in [0.25, 0.3) is 0 Å². The molecular formula is C13H16. The van der Waals surface area contributed by atoms with Crippen LogP contribution >= 0.6 is 0 Å². The molecule has 0 aromatic heterocycles. The maximum absolute atomic E-state index is 3.89. The van der Waals surface area contributed by atoms with Crippen molar-refractivity contribution in [1.29, 1.82) is 0 Å². The van der Waals surface area contributed by atoms with E-state index < -0.39 is 0 Å². The van der Waals surface area contributed by atoms with Crippen molar-refractivity contribution in [2.24, 2.45) is 0 Å². The quantitative estimate of drug-likeness (QED) is 0.609. The number of allylic oxidation sites excluding steroid dienone is 1. The highest BCUT2D eigenvalue weighted by Crippen LogP contribution is 1.89. The van der Waals surface area contributed by atoms with Crippen LogP contribution in [0, 0.1) is 6.92 Å². The molecule has 0 aliphatic carbocycles. The maximum Gasteiger partial charge on any atom is -0.0182 e. The molecule has 1 aromatic carbocycles. The summed E-state index contributed by atoms with van der Waals surface area (Å²) >= 11 is 0. The van der Waals surface area contributed by atoms with Crippen LogP contribution in [0.25, 0.3) is 12.2 Å². The summed E-state index contributed by atoms with van der Waals surface area (Å²) in [6.45, 7) is 10.1. The topological polar surface area (TPSA) is 0 Å². The van der Waals surface area contributed by atoms with Gasteiger partial charge in [-0.25, -0.2) is 0 Å². The minimum Gasteiger partial charge on any atom is -0.0961 e. The zero-order valence-corrected chi connectivity index (χ0v) is 8.59. The first-order chi connectivity index (χ1) is 6.13. The van der Waals surface area contributed by atoms with Crippen molar-refractivity contribution in [3.05, 3.63) is 46.4 Å². The molecule has 68 valence electrons. The Balaban J connectivity index is 3.51. The molecule has 0 fully saturated rings. The SMILES string of the molecule is C=C(C)/C=c1/cc(C)cc/c1=C/C. The van der Waals surface area contributed by atoms with E-state index >= 15 is 0 Å². The summed E-state index contributed by atoms with van der Waals surface area (Å²) in [6.07, 6.45) is 4.23. The van der Waals surface area contributed by atoms with E-state index in [4.69, 9.17) is 0 Å². The number of aryl methyl sites for hydroxylation is 1. The van der Waals surface area contributed by atoms with Crippen LogP contribution in [0.3, 0.4) is 0 Å². The van der Waals surface area contributed by atoms with Gasteiger partial charge in [-0.3, -0.25) is 0 Å². The zero-order valence-electron chi connectivity index (χ0n) is 8.59. The van der Waals surface area contributed by atoms with Gasteiger partial charge in [-0.15, -0.1) is 0 Å². The van der Waals surface area contributed by atoms with Gasteiger partial charge in [0.15, 0.2) is 0 Å². The average Bonchev–Trinajstić information content (AvgIpc) is 2.03. The fourth-order valence-electron chi connectivity index (χ4n) is 1.35.